The summed E-state index contributed by atoms with van der Waals surface area (Å²) in [6, 6.07) is 0.827. The lowest BCUT2D eigenvalue weighted by molar-refractivity contribution is -0.133. The van der Waals surface area contributed by atoms with Gasteiger partial charge in [0.25, 0.3) is 0 Å². The van der Waals surface area contributed by atoms with Crippen LogP contribution in [0.15, 0.2) is 11.1 Å². The first-order valence-corrected chi connectivity index (χ1v) is 13.0. The Kier molecular flexibility index (Phi) is 4.60. The number of carbonyl (C=O) groups is 1. The van der Waals surface area contributed by atoms with Crippen molar-refractivity contribution in [2.75, 3.05) is 13.1 Å². The fraction of sp³-hybridized carbons (Fsp3) is 0.889. The van der Waals surface area contributed by atoms with Crippen LogP contribution in [0.3, 0.4) is 0 Å². The van der Waals surface area contributed by atoms with E-state index in [1.165, 1.54) is 45.2 Å². The highest BCUT2D eigenvalue weighted by Gasteiger charge is 2.58. The third-order valence-corrected chi connectivity index (χ3v) is 11.2. The minimum atomic E-state index is -0.299. The van der Waals surface area contributed by atoms with E-state index in [0.717, 1.165) is 54.9 Å². The van der Waals surface area contributed by atoms with Gasteiger partial charge in [0, 0.05) is 32.0 Å². The van der Waals surface area contributed by atoms with Crippen molar-refractivity contribution < 1.29 is 9.90 Å². The Morgan fingerprint density at radius 2 is 1.83 bits per heavy atom. The molecule has 0 radical (unpaired) electrons. The van der Waals surface area contributed by atoms with Crippen molar-refractivity contribution in [3.63, 3.8) is 0 Å². The van der Waals surface area contributed by atoms with Gasteiger partial charge >= 0.3 is 0 Å². The maximum absolute atomic E-state index is 12.2. The molecule has 30 heavy (non-hydrogen) atoms. The monoisotopic (exact) mass is 411 g/mol. The van der Waals surface area contributed by atoms with E-state index in [2.05, 4.69) is 25.7 Å². The van der Waals surface area contributed by atoms with E-state index in [0.29, 0.717) is 18.1 Å². The van der Waals surface area contributed by atoms with E-state index < -0.39 is 0 Å². The number of nitrogens with zero attached hydrogens (tertiary/aromatic N) is 1. The van der Waals surface area contributed by atoms with Gasteiger partial charge in [-0.15, -0.1) is 0 Å². The lowest BCUT2D eigenvalue weighted by Gasteiger charge is -2.55. The number of aliphatic hydroxyl groups is 1. The zero-order chi connectivity index (χ0) is 20.8. The summed E-state index contributed by atoms with van der Waals surface area (Å²) in [5.74, 6) is 5.38. The normalized spacial score (nSPS) is 53.5. The fourth-order valence-corrected chi connectivity index (χ4v) is 9.65. The van der Waals surface area contributed by atoms with Gasteiger partial charge in [-0.1, -0.05) is 31.9 Å². The predicted molar refractivity (Wildman–Crippen MR) is 119 cm³/mol. The van der Waals surface area contributed by atoms with Gasteiger partial charge in [-0.2, -0.15) is 0 Å². The van der Waals surface area contributed by atoms with E-state index >= 15 is 0 Å². The molecule has 166 valence electrons. The lowest BCUT2D eigenvalue weighted by atomic mass is 9.53. The van der Waals surface area contributed by atoms with Crippen LogP contribution in [-0.4, -0.2) is 41.0 Å². The molecule has 2 heterocycles. The molecule has 3 nitrogen and oxygen atoms in total. The van der Waals surface area contributed by atoms with E-state index in [4.69, 9.17) is 0 Å². The first-order valence-electron chi connectivity index (χ1n) is 13.0. The molecule has 5 fully saturated rings. The maximum atomic E-state index is 12.2. The molecule has 1 N–H and O–H groups in total. The van der Waals surface area contributed by atoms with Crippen LogP contribution < -0.4 is 0 Å². The van der Waals surface area contributed by atoms with Crippen LogP contribution in [0.4, 0.5) is 0 Å². The third-order valence-electron chi connectivity index (χ3n) is 11.2. The number of rotatable bonds is 0. The SMILES string of the molecule is C[C@H]1CC[C@H]2[C@H](C)[C@H]3CCC4=C5C[C@@H](O)[C@H]6CC(=O)CC[C@]6(C)[C@@H]5C[C@H]4[C@@H]3CN2C1. The largest absolute Gasteiger partial charge is 0.392 e. The molecule has 0 bridgehead atoms. The summed E-state index contributed by atoms with van der Waals surface area (Å²) in [6.07, 6.45) is 9.73. The van der Waals surface area contributed by atoms with Crippen molar-refractivity contribution in [2.24, 2.45) is 46.8 Å². The number of carbonyl (C=O) groups excluding carboxylic acids is 1. The predicted octanol–water partition coefficient (Wildman–Crippen LogP) is 4.84. The van der Waals surface area contributed by atoms with Gasteiger partial charge in [-0.25, -0.2) is 0 Å². The van der Waals surface area contributed by atoms with E-state index in [1.54, 1.807) is 11.1 Å². The van der Waals surface area contributed by atoms with Crippen LogP contribution in [0.5, 0.6) is 0 Å². The zero-order valence-corrected chi connectivity index (χ0v) is 19.3. The van der Waals surface area contributed by atoms with Crippen LogP contribution in [-0.2, 0) is 4.79 Å². The molecule has 2 saturated heterocycles. The Balaban J connectivity index is 1.32. The highest BCUT2D eigenvalue weighted by molar-refractivity contribution is 5.80. The maximum Gasteiger partial charge on any atom is 0.133 e. The molecule has 6 aliphatic rings. The summed E-state index contributed by atoms with van der Waals surface area (Å²) < 4.78 is 0. The average Bonchev–Trinajstić information content (AvgIpc) is 3.09. The van der Waals surface area contributed by atoms with Crippen molar-refractivity contribution in [2.45, 2.75) is 90.7 Å². The van der Waals surface area contributed by atoms with Crippen LogP contribution in [0.2, 0.25) is 0 Å². The number of aliphatic hydroxyl groups excluding tert-OH is 1. The van der Waals surface area contributed by atoms with Crippen LogP contribution >= 0.6 is 0 Å². The summed E-state index contributed by atoms with van der Waals surface area (Å²) in [4.78, 5) is 15.1. The Hall–Kier alpha value is -0.670. The molecule has 0 spiro atoms. The number of allylic oxidation sites excluding steroid dienone is 1. The molecule has 0 amide bonds. The standard InChI is InChI=1S/C27H41NO2/c1-15-4-7-25-16(2)18-5-6-19-20(22(18)14-28(25)13-15)11-23-21(19)12-26(30)24-10-17(29)8-9-27(23,24)3/h15-16,18,20,22-26,30H,4-14H2,1-3H3/t15-,16+,18+,20+,22+,23+,24+,25-,26+,27+/m0/s1. The summed E-state index contributed by atoms with van der Waals surface area (Å²) >= 11 is 0. The second kappa shape index (κ2) is 6.91. The van der Waals surface area contributed by atoms with Crippen molar-refractivity contribution in [1.29, 1.82) is 0 Å². The first kappa shape index (κ1) is 20.0. The Labute approximate surface area is 182 Å². The Bertz CT molecular complexity index is 771. The smallest absolute Gasteiger partial charge is 0.133 e. The van der Waals surface area contributed by atoms with Crippen LogP contribution in [0.1, 0.15) is 78.6 Å². The van der Waals surface area contributed by atoms with Crippen molar-refractivity contribution >= 4 is 5.78 Å². The van der Waals surface area contributed by atoms with E-state index in [1.807, 2.05) is 0 Å². The molecule has 0 aromatic rings. The van der Waals surface area contributed by atoms with Gasteiger partial charge in [0.1, 0.15) is 5.78 Å². The molecule has 4 aliphatic carbocycles. The fourth-order valence-electron chi connectivity index (χ4n) is 9.65. The number of piperidine rings is 2. The topological polar surface area (TPSA) is 40.5 Å². The minimum absolute atomic E-state index is 0.142. The van der Waals surface area contributed by atoms with Crippen LogP contribution in [0.25, 0.3) is 0 Å². The van der Waals surface area contributed by atoms with Crippen molar-refractivity contribution in [3.8, 4) is 0 Å². The van der Waals surface area contributed by atoms with Crippen LogP contribution in [0, 0.1) is 46.8 Å². The van der Waals surface area contributed by atoms with Gasteiger partial charge in [0.2, 0.25) is 0 Å². The third kappa shape index (κ3) is 2.73. The summed E-state index contributed by atoms with van der Waals surface area (Å²) in [7, 11) is 0. The number of ketones is 1. The molecule has 0 aromatic carbocycles. The highest BCUT2D eigenvalue weighted by atomic mass is 16.3. The molecule has 3 heteroatoms. The molecule has 2 aliphatic heterocycles. The second-order valence-electron chi connectivity index (χ2n) is 12.5. The first-order chi connectivity index (χ1) is 14.4. The molecule has 0 unspecified atom stereocenters. The van der Waals surface area contributed by atoms with E-state index in [-0.39, 0.29) is 17.4 Å². The molecule has 0 aromatic heterocycles. The lowest BCUT2D eigenvalue weighted by Crippen LogP contribution is -2.58. The van der Waals surface area contributed by atoms with Gasteiger partial charge in [-0.3, -0.25) is 9.69 Å². The Morgan fingerprint density at radius 1 is 1.00 bits per heavy atom. The second-order valence-corrected chi connectivity index (χ2v) is 12.5. The molecular weight excluding hydrogens is 370 g/mol. The quantitative estimate of drug-likeness (QED) is 0.580. The molecule has 3 saturated carbocycles. The molecule has 10 atom stereocenters. The molecular formula is C27H41NO2. The number of fused-ring (bicyclic) bond motifs is 7. The zero-order valence-electron chi connectivity index (χ0n) is 19.3. The summed E-state index contributed by atoms with van der Waals surface area (Å²) in [6.45, 7) is 10.1. The van der Waals surface area contributed by atoms with E-state index in [9.17, 15) is 9.90 Å². The van der Waals surface area contributed by atoms with Gasteiger partial charge < -0.3 is 5.11 Å². The number of Topliss-reactive ketones (excluding diaryl/α,β-unsaturated/α-hetero) is 1. The van der Waals surface area contributed by atoms with Gasteiger partial charge in [0.05, 0.1) is 6.10 Å². The van der Waals surface area contributed by atoms with Crippen molar-refractivity contribution in [3.05, 3.63) is 11.1 Å². The minimum Gasteiger partial charge on any atom is -0.392 e. The number of hydrogen-bond donors (Lipinski definition) is 1. The summed E-state index contributed by atoms with van der Waals surface area (Å²) in [5.41, 5.74) is 3.57. The average molecular weight is 412 g/mol. The number of hydrogen-bond acceptors (Lipinski definition) is 3. The van der Waals surface area contributed by atoms with Gasteiger partial charge in [-0.05, 0) is 91.8 Å². The Morgan fingerprint density at radius 3 is 2.67 bits per heavy atom. The highest BCUT2D eigenvalue weighted by Crippen LogP contribution is 2.64. The van der Waals surface area contributed by atoms with Gasteiger partial charge in [0.15, 0.2) is 0 Å². The summed E-state index contributed by atoms with van der Waals surface area (Å²) in [5, 5.41) is 11.1. The molecule has 6 rings (SSSR count). The van der Waals surface area contributed by atoms with Crippen molar-refractivity contribution in [1.82, 2.24) is 4.90 Å².